The Labute approximate surface area is 112 Å². The van der Waals surface area contributed by atoms with Gasteiger partial charge in [-0.3, -0.25) is 0 Å². The van der Waals surface area contributed by atoms with Gasteiger partial charge in [0.2, 0.25) is 0 Å². The number of hydrogen-bond acceptors (Lipinski definition) is 4. The zero-order chi connectivity index (χ0) is 13.0. The number of nitrogens with zero attached hydrogens (tertiary/aromatic N) is 1. The van der Waals surface area contributed by atoms with Crippen LogP contribution in [0.3, 0.4) is 0 Å². The van der Waals surface area contributed by atoms with E-state index in [0.29, 0.717) is 0 Å². The lowest BCUT2D eigenvalue weighted by Gasteiger charge is -2.14. The molecule has 3 nitrogen and oxygen atoms in total. The number of nitrogens with one attached hydrogen (secondary N) is 1. The molecule has 0 radical (unpaired) electrons. The largest absolute Gasteiger partial charge is 0.489 e. The fourth-order valence-corrected chi connectivity index (χ4v) is 2.37. The van der Waals surface area contributed by atoms with Crippen LogP contribution in [0, 0.1) is 6.92 Å². The molecule has 0 aliphatic carbocycles. The summed E-state index contributed by atoms with van der Waals surface area (Å²) in [5.74, 6) is 0.897. The van der Waals surface area contributed by atoms with Crippen LogP contribution < -0.4 is 10.1 Å². The molecule has 0 fully saturated rings. The van der Waals surface area contributed by atoms with Gasteiger partial charge in [-0.1, -0.05) is 12.1 Å². The lowest BCUT2D eigenvalue weighted by Crippen LogP contribution is -2.08. The minimum atomic E-state index is 0.179. The molecule has 2 rings (SSSR count). The van der Waals surface area contributed by atoms with Crippen LogP contribution in [-0.2, 0) is 6.54 Å². The molecular formula is C14H18N2OS. The molecule has 0 aliphatic rings. The van der Waals surface area contributed by atoms with Crippen molar-refractivity contribution in [3.63, 3.8) is 0 Å². The molecule has 0 bridgehead atoms. The van der Waals surface area contributed by atoms with Gasteiger partial charge in [-0.2, -0.15) is 0 Å². The minimum absolute atomic E-state index is 0.179. The Morgan fingerprint density at radius 2 is 2.11 bits per heavy atom. The number of para-hydroxylation sites is 2. The van der Waals surface area contributed by atoms with Crippen LogP contribution in [0.4, 0.5) is 5.69 Å². The zero-order valence-electron chi connectivity index (χ0n) is 10.9. The van der Waals surface area contributed by atoms with Gasteiger partial charge >= 0.3 is 0 Å². The molecule has 1 heterocycles. The third kappa shape index (κ3) is 3.47. The Morgan fingerprint density at radius 1 is 1.33 bits per heavy atom. The molecule has 18 heavy (non-hydrogen) atoms. The first kappa shape index (κ1) is 12.9. The molecule has 96 valence electrons. The van der Waals surface area contributed by atoms with Crippen molar-refractivity contribution in [3.8, 4) is 5.75 Å². The van der Waals surface area contributed by atoms with Crippen molar-refractivity contribution < 1.29 is 4.74 Å². The normalized spacial score (nSPS) is 10.7. The Kier molecular flexibility index (Phi) is 4.20. The summed E-state index contributed by atoms with van der Waals surface area (Å²) in [7, 11) is 0. The number of rotatable bonds is 5. The van der Waals surface area contributed by atoms with Gasteiger partial charge in [-0.15, -0.1) is 11.3 Å². The van der Waals surface area contributed by atoms with Gasteiger partial charge < -0.3 is 10.1 Å². The van der Waals surface area contributed by atoms with E-state index in [0.717, 1.165) is 23.0 Å². The Morgan fingerprint density at radius 3 is 2.78 bits per heavy atom. The van der Waals surface area contributed by atoms with Gasteiger partial charge in [-0.05, 0) is 32.9 Å². The SMILES string of the molecule is Cc1ncc(CNc2ccccc2OC(C)C)s1. The topological polar surface area (TPSA) is 34.2 Å². The van der Waals surface area contributed by atoms with E-state index >= 15 is 0 Å². The quantitative estimate of drug-likeness (QED) is 0.888. The summed E-state index contributed by atoms with van der Waals surface area (Å²) >= 11 is 1.71. The van der Waals surface area contributed by atoms with E-state index in [-0.39, 0.29) is 6.10 Å². The summed E-state index contributed by atoms with van der Waals surface area (Å²) in [6.45, 7) is 6.86. The standard InChI is InChI=1S/C14H18N2OS/c1-10(2)17-14-7-5-4-6-13(14)16-9-12-8-15-11(3)18-12/h4-8,10,16H,9H2,1-3H3. The molecule has 1 aromatic carbocycles. The number of benzene rings is 1. The fourth-order valence-electron chi connectivity index (χ4n) is 1.64. The molecule has 0 amide bonds. The van der Waals surface area contributed by atoms with Crippen molar-refractivity contribution in [1.82, 2.24) is 4.98 Å². The van der Waals surface area contributed by atoms with Crippen molar-refractivity contribution in [2.75, 3.05) is 5.32 Å². The van der Waals surface area contributed by atoms with E-state index in [1.54, 1.807) is 11.3 Å². The number of aromatic nitrogens is 1. The van der Waals surface area contributed by atoms with Crippen LogP contribution in [-0.4, -0.2) is 11.1 Å². The highest BCUT2D eigenvalue weighted by Crippen LogP contribution is 2.25. The third-order valence-corrected chi connectivity index (χ3v) is 3.28. The molecule has 0 saturated carbocycles. The van der Waals surface area contributed by atoms with E-state index in [9.17, 15) is 0 Å². The molecule has 2 aromatic rings. The highest BCUT2D eigenvalue weighted by molar-refractivity contribution is 7.11. The lowest BCUT2D eigenvalue weighted by atomic mass is 10.3. The summed E-state index contributed by atoms with van der Waals surface area (Å²) < 4.78 is 5.76. The van der Waals surface area contributed by atoms with E-state index in [1.165, 1.54) is 4.88 Å². The highest BCUT2D eigenvalue weighted by atomic mass is 32.1. The first-order valence-corrected chi connectivity index (χ1v) is 6.87. The average Bonchev–Trinajstić information content (AvgIpc) is 2.73. The van der Waals surface area contributed by atoms with E-state index in [1.807, 2.05) is 51.2 Å². The predicted octanol–water partition coefficient (Wildman–Crippen LogP) is 3.85. The van der Waals surface area contributed by atoms with Gasteiger partial charge in [0.15, 0.2) is 0 Å². The maximum Gasteiger partial charge on any atom is 0.142 e. The average molecular weight is 262 g/mol. The smallest absolute Gasteiger partial charge is 0.142 e. The van der Waals surface area contributed by atoms with Crippen LogP contribution in [0.15, 0.2) is 30.5 Å². The molecule has 1 aromatic heterocycles. The molecule has 0 spiro atoms. The third-order valence-electron chi connectivity index (χ3n) is 2.37. The van der Waals surface area contributed by atoms with Crippen molar-refractivity contribution in [2.45, 2.75) is 33.4 Å². The van der Waals surface area contributed by atoms with Gasteiger partial charge in [0.05, 0.1) is 23.3 Å². The second-order valence-corrected chi connectivity index (χ2v) is 5.68. The lowest BCUT2D eigenvalue weighted by molar-refractivity contribution is 0.243. The highest BCUT2D eigenvalue weighted by Gasteiger charge is 2.05. The molecule has 0 atom stereocenters. The van der Waals surface area contributed by atoms with Crippen LogP contribution in [0.5, 0.6) is 5.75 Å². The number of hydrogen-bond donors (Lipinski definition) is 1. The Balaban J connectivity index is 2.04. The fraction of sp³-hybridized carbons (Fsp3) is 0.357. The van der Waals surface area contributed by atoms with E-state index < -0.39 is 0 Å². The second-order valence-electron chi connectivity index (χ2n) is 4.36. The summed E-state index contributed by atoms with van der Waals surface area (Å²) in [6, 6.07) is 8.01. The molecule has 0 saturated heterocycles. The molecule has 0 aliphatic heterocycles. The van der Waals surface area contributed by atoms with Crippen molar-refractivity contribution in [2.24, 2.45) is 0 Å². The van der Waals surface area contributed by atoms with Crippen molar-refractivity contribution >= 4 is 17.0 Å². The summed E-state index contributed by atoms with van der Waals surface area (Å²) in [5.41, 5.74) is 1.03. The molecule has 0 unspecified atom stereocenters. The van der Waals surface area contributed by atoms with Crippen LogP contribution in [0.2, 0.25) is 0 Å². The maximum absolute atomic E-state index is 5.76. The summed E-state index contributed by atoms with van der Waals surface area (Å²) in [6.07, 6.45) is 2.09. The summed E-state index contributed by atoms with van der Waals surface area (Å²) in [4.78, 5) is 5.48. The van der Waals surface area contributed by atoms with Gasteiger partial charge in [0, 0.05) is 11.1 Å². The molecule has 4 heteroatoms. The summed E-state index contributed by atoms with van der Waals surface area (Å²) in [5, 5.41) is 4.49. The molecular weight excluding hydrogens is 244 g/mol. The first-order chi connectivity index (χ1) is 8.65. The van der Waals surface area contributed by atoms with E-state index in [4.69, 9.17) is 4.74 Å². The van der Waals surface area contributed by atoms with Gasteiger partial charge in [-0.25, -0.2) is 4.98 Å². The minimum Gasteiger partial charge on any atom is -0.489 e. The van der Waals surface area contributed by atoms with Crippen molar-refractivity contribution in [1.29, 1.82) is 0 Å². The Hall–Kier alpha value is -1.55. The van der Waals surface area contributed by atoms with Crippen LogP contribution in [0.25, 0.3) is 0 Å². The number of aryl methyl sites for hydroxylation is 1. The van der Waals surface area contributed by atoms with E-state index in [2.05, 4.69) is 10.3 Å². The second kappa shape index (κ2) is 5.87. The van der Waals surface area contributed by atoms with Crippen molar-refractivity contribution in [3.05, 3.63) is 40.3 Å². The van der Waals surface area contributed by atoms with Gasteiger partial charge in [0.25, 0.3) is 0 Å². The van der Waals surface area contributed by atoms with Gasteiger partial charge in [0.1, 0.15) is 5.75 Å². The maximum atomic E-state index is 5.76. The number of thiazole rings is 1. The zero-order valence-corrected chi connectivity index (χ0v) is 11.8. The predicted molar refractivity (Wildman–Crippen MR) is 76.4 cm³/mol. The number of ether oxygens (including phenoxy) is 1. The Bertz CT molecular complexity index is 508. The first-order valence-electron chi connectivity index (χ1n) is 6.06. The van der Waals surface area contributed by atoms with Crippen LogP contribution >= 0.6 is 11.3 Å². The van der Waals surface area contributed by atoms with Crippen LogP contribution in [0.1, 0.15) is 23.7 Å². The monoisotopic (exact) mass is 262 g/mol. The molecule has 1 N–H and O–H groups in total. The number of anilines is 1.